The first-order valence-corrected chi connectivity index (χ1v) is 9.49. The molecule has 3 aromatic rings. The summed E-state index contributed by atoms with van der Waals surface area (Å²) in [6.07, 6.45) is 4.51. The third kappa shape index (κ3) is 5.07. The number of fused-ring (bicyclic) bond motifs is 1. The zero-order chi connectivity index (χ0) is 19.8. The molecule has 1 amide bonds. The summed E-state index contributed by atoms with van der Waals surface area (Å²) in [5.74, 6) is -0.150. The number of hydrazone groups is 1. The summed E-state index contributed by atoms with van der Waals surface area (Å²) in [4.78, 5) is 12.6. The largest absolute Gasteiger partial charge is 0.373 e. The van der Waals surface area contributed by atoms with Crippen LogP contribution in [0, 0.1) is 0 Å². The Balaban J connectivity index is 1.65. The Hall–Kier alpha value is -3.40. The van der Waals surface area contributed by atoms with Crippen LogP contribution in [0.4, 0.5) is 5.69 Å². The standard InChI is InChI=1S/C24H25N3O/c1-3-22(25-23-15-9-13-20-12-7-8-14-21(20)23)24(28)27-26-18(2)16-17-19-10-5-4-6-11-19/h4-17,22,25H,3H2,1-2H3,(H,27,28)/b17-16+,26-18+/t22-/m0/s1. The van der Waals surface area contributed by atoms with Crippen molar-refractivity contribution in [2.75, 3.05) is 5.32 Å². The Morgan fingerprint density at radius 3 is 2.50 bits per heavy atom. The lowest BCUT2D eigenvalue weighted by atomic mass is 10.1. The number of rotatable bonds is 7. The summed E-state index contributed by atoms with van der Waals surface area (Å²) in [5.41, 5.74) is 5.45. The summed E-state index contributed by atoms with van der Waals surface area (Å²) in [6.45, 7) is 3.84. The van der Waals surface area contributed by atoms with Crippen molar-refractivity contribution in [2.45, 2.75) is 26.3 Å². The Kier molecular flexibility index (Phi) is 6.58. The van der Waals surface area contributed by atoms with Crippen LogP contribution in [0.5, 0.6) is 0 Å². The second-order valence-electron chi connectivity index (χ2n) is 6.61. The fourth-order valence-corrected chi connectivity index (χ4v) is 2.93. The highest BCUT2D eigenvalue weighted by Gasteiger charge is 2.16. The van der Waals surface area contributed by atoms with Crippen LogP contribution in [0.1, 0.15) is 25.8 Å². The zero-order valence-electron chi connectivity index (χ0n) is 16.2. The lowest BCUT2D eigenvalue weighted by Gasteiger charge is -2.18. The lowest BCUT2D eigenvalue weighted by molar-refractivity contribution is -0.121. The van der Waals surface area contributed by atoms with Crippen molar-refractivity contribution < 1.29 is 4.79 Å². The Bertz CT molecular complexity index is 988. The minimum atomic E-state index is -0.361. The highest BCUT2D eigenvalue weighted by molar-refractivity contribution is 5.98. The van der Waals surface area contributed by atoms with Crippen molar-refractivity contribution in [2.24, 2.45) is 5.10 Å². The van der Waals surface area contributed by atoms with E-state index in [9.17, 15) is 4.79 Å². The van der Waals surface area contributed by atoms with Crippen LogP contribution in [0.15, 0.2) is 84.0 Å². The van der Waals surface area contributed by atoms with Crippen molar-refractivity contribution in [1.82, 2.24) is 5.43 Å². The molecule has 4 heteroatoms. The van der Waals surface area contributed by atoms with Crippen molar-refractivity contribution in [3.63, 3.8) is 0 Å². The smallest absolute Gasteiger partial charge is 0.262 e. The molecular formula is C24H25N3O. The highest BCUT2D eigenvalue weighted by atomic mass is 16.2. The van der Waals surface area contributed by atoms with Crippen LogP contribution in [0.2, 0.25) is 0 Å². The normalized spacial score (nSPS) is 12.9. The summed E-state index contributed by atoms with van der Waals surface area (Å²) in [6, 6.07) is 23.8. The van der Waals surface area contributed by atoms with Gasteiger partial charge in [-0.25, -0.2) is 5.43 Å². The van der Waals surface area contributed by atoms with Gasteiger partial charge in [0.25, 0.3) is 5.91 Å². The van der Waals surface area contributed by atoms with Gasteiger partial charge in [-0.15, -0.1) is 0 Å². The monoisotopic (exact) mass is 371 g/mol. The van der Waals surface area contributed by atoms with E-state index in [2.05, 4.69) is 34.0 Å². The minimum absolute atomic E-state index is 0.150. The number of carbonyl (C=O) groups excluding carboxylic acids is 1. The topological polar surface area (TPSA) is 53.5 Å². The van der Waals surface area contributed by atoms with Crippen LogP contribution in [-0.2, 0) is 4.79 Å². The SMILES string of the molecule is CC[C@H](Nc1cccc2ccccc12)C(=O)N/N=C(C)/C=C/c1ccccc1. The van der Waals surface area contributed by atoms with Gasteiger partial charge >= 0.3 is 0 Å². The third-order valence-corrected chi connectivity index (χ3v) is 4.50. The molecule has 4 nitrogen and oxygen atoms in total. The molecule has 0 saturated carbocycles. The van der Waals surface area contributed by atoms with Gasteiger partial charge in [-0.3, -0.25) is 4.79 Å². The van der Waals surface area contributed by atoms with Gasteiger partial charge in [-0.2, -0.15) is 5.10 Å². The van der Waals surface area contributed by atoms with Gasteiger partial charge < -0.3 is 5.32 Å². The molecule has 0 radical (unpaired) electrons. The second-order valence-corrected chi connectivity index (χ2v) is 6.61. The quantitative estimate of drug-likeness (QED) is 0.441. The molecule has 0 heterocycles. The molecule has 0 spiro atoms. The molecule has 0 saturated heterocycles. The second kappa shape index (κ2) is 9.51. The first kappa shape index (κ1) is 19.4. The van der Waals surface area contributed by atoms with Crippen LogP contribution in [-0.4, -0.2) is 17.7 Å². The predicted octanol–water partition coefficient (Wildman–Crippen LogP) is 5.24. The van der Waals surface area contributed by atoms with Gasteiger partial charge in [0.1, 0.15) is 6.04 Å². The molecule has 0 aliphatic carbocycles. The third-order valence-electron chi connectivity index (χ3n) is 4.50. The van der Waals surface area contributed by atoms with E-state index >= 15 is 0 Å². The maximum absolute atomic E-state index is 12.6. The molecule has 1 atom stereocenters. The van der Waals surface area contributed by atoms with Crippen LogP contribution >= 0.6 is 0 Å². The minimum Gasteiger partial charge on any atom is -0.373 e. The predicted molar refractivity (Wildman–Crippen MR) is 118 cm³/mol. The number of carbonyl (C=O) groups is 1. The van der Waals surface area contributed by atoms with Crippen molar-refractivity contribution >= 4 is 34.2 Å². The van der Waals surface area contributed by atoms with Gasteiger partial charge in [-0.05, 0) is 36.4 Å². The van der Waals surface area contributed by atoms with Gasteiger partial charge in [0, 0.05) is 11.1 Å². The lowest BCUT2D eigenvalue weighted by Crippen LogP contribution is -2.37. The molecular weight excluding hydrogens is 346 g/mol. The summed E-state index contributed by atoms with van der Waals surface area (Å²) < 4.78 is 0. The molecule has 0 bridgehead atoms. The molecule has 0 aliphatic rings. The summed E-state index contributed by atoms with van der Waals surface area (Å²) in [7, 11) is 0. The summed E-state index contributed by atoms with van der Waals surface area (Å²) in [5, 5.41) is 9.80. The van der Waals surface area contributed by atoms with E-state index < -0.39 is 0 Å². The number of allylic oxidation sites excluding steroid dienone is 1. The number of benzene rings is 3. The number of hydrogen-bond acceptors (Lipinski definition) is 3. The van der Waals surface area contributed by atoms with Crippen molar-refractivity contribution in [1.29, 1.82) is 0 Å². The Morgan fingerprint density at radius 2 is 1.71 bits per heavy atom. The Morgan fingerprint density at radius 1 is 1.00 bits per heavy atom. The number of nitrogens with zero attached hydrogens (tertiary/aromatic N) is 1. The van der Waals surface area contributed by atoms with Gasteiger partial charge in [0.15, 0.2) is 0 Å². The van der Waals surface area contributed by atoms with E-state index in [4.69, 9.17) is 0 Å². The zero-order valence-corrected chi connectivity index (χ0v) is 16.2. The van der Waals surface area contributed by atoms with Gasteiger partial charge in [0.05, 0.1) is 5.71 Å². The van der Waals surface area contributed by atoms with Gasteiger partial charge in [-0.1, -0.05) is 79.7 Å². The van der Waals surface area contributed by atoms with E-state index in [0.717, 1.165) is 27.7 Å². The fourth-order valence-electron chi connectivity index (χ4n) is 2.93. The highest BCUT2D eigenvalue weighted by Crippen LogP contribution is 2.24. The average Bonchev–Trinajstić information content (AvgIpc) is 2.75. The molecule has 2 N–H and O–H groups in total. The molecule has 0 aliphatic heterocycles. The van der Waals surface area contributed by atoms with Crippen LogP contribution in [0.3, 0.4) is 0 Å². The number of nitrogens with one attached hydrogen (secondary N) is 2. The first-order valence-electron chi connectivity index (χ1n) is 9.49. The van der Waals surface area contributed by atoms with E-state index in [1.807, 2.05) is 80.6 Å². The molecule has 28 heavy (non-hydrogen) atoms. The van der Waals surface area contributed by atoms with E-state index in [-0.39, 0.29) is 11.9 Å². The van der Waals surface area contributed by atoms with Crippen molar-refractivity contribution in [3.05, 3.63) is 84.4 Å². The fraction of sp³-hybridized carbons (Fsp3) is 0.167. The van der Waals surface area contributed by atoms with E-state index in [1.54, 1.807) is 0 Å². The van der Waals surface area contributed by atoms with E-state index in [0.29, 0.717) is 6.42 Å². The van der Waals surface area contributed by atoms with E-state index in [1.165, 1.54) is 0 Å². The average molecular weight is 371 g/mol. The maximum Gasteiger partial charge on any atom is 0.262 e. The molecule has 0 aromatic heterocycles. The Labute approximate surface area is 166 Å². The molecule has 0 fully saturated rings. The molecule has 142 valence electrons. The molecule has 0 unspecified atom stereocenters. The molecule has 3 rings (SSSR count). The van der Waals surface area contributed by atoms with Gasteiger partial charge in [0.2, 0.25) is 0 Å². The summed E-state index contributed by atoms with van der Waals surface area (Å²) >= 11 is 0. The number of amides is 1. The molecule has 3 aromatic carbocycles. The van der Waals surface area contributed by atoms with Crippen LogP contribution < -0.4 is 10.7 Å². The first-order chi connectivity index (χ1) is 13.7. The van der Waals surface area contributed by atoms with Crippen LogP contribution in [0.25, 0.3) is 16.8 Å². The number of hydrogen-bond donors (Lipinski definition) is 2. The van der Waals surface area contributed by atoms with Crippen molar-refractivity contribution in [3.8, 4) is 0 Å². The number of anilines is 1. The maximum atomic E-state index is 12.6.